The van der Waals surface area contributed by atoms with E-state index >= 15 is 0 Å². The Morgan fingerprint density at radius 3 is 2.50 bits per heavy atom. The molecule has 1 unspecified atom stereocenters. The van der Waals surface area contributed by atoms with Crippen molar-refractivity contribution >= 4 is 20.8 Å². The molecule has 1 atom stereocenters. The van der Waals surface area contributed by atoms with E-state index in [9.17, 15) is 17.9 Å². The van der Waals surface area contributed by atoms with Crippen LogP contribution in [0.1, 0.15) is 11.7 Å². The summed E-state index contributed by atoms with van der Waals surface area (Å²) in [4.78, 5) is -0.174. The highest BCUT2D eigenvalue weighted by molar-refractivity contribution is 7.89. The lowest BCUT2D eigenvalue weighted by atomic mass is 10.0. The second-order valence-electron chi connectivity index (χ2n) is 5.39. The zero-order chi connectivity index (χ0) is 17.2. The number of rotatable bonds is 5. The number of sulfonamides is 1. The molecular formula is C18H16FNO3S. The van der Waals surface area contributed by atoms with Crippen molar-refractivity contribution in [1.82, 2.24) is 4.72 Å². The summed E-state index contributed by atoms with van der Waals surface area (Å²) < 4.78 is 39.9. The van der Waals surface area contributed by atoms with E-state index in [4.69, 9.17) is 0 Å². The predicted molar refractivity (Wildman–Crippen MR) is 90.5 cm³/mol. The van der Waals surface area contributed by atoms with Gasteiger partial charge in [-0.3, -0.25) is 0 Å². The van der Waals surface area contributed by atoms with Crippen molar-refractivity contribution < 1.29 is 17.9 Å². The van der Waals surface area contributed by atoms with Gasteiger partial charge in [0.1, 0.15) is 5.82 Å². The van der Waals surface area contributed by atoms with Crippen molar-refractivity contribution in [2.45, 2.75) is 11.0 Å². The lowest BCUT2D eigenvalue weighted by Gasteiger charge is -2.15. The lowest BCUT2D eigenvalue weighted by Crippen LogP contribution is -2.28. The summed E-state index contributed by atoms with van der Waals surface area (Å²) in [5, 5.41) is 12.2. The molecule has 0 heterocycles. The van der Waals surface area contributed by atoms with Gasteiger partial charge in [0.15, 0.2) is 0 Å². The first kappa shape index (κ1) is 16.6. The van der Waals surface area contributed by atoms with Crippen LogP contribution in [0.2, 0.25) is 0 Å². The first-order valence-electron chi connectivity index (χ1n) is 7.38. The molecule has 0 spiro atoms. The molecular weight excluding hydrogens is 329 g/mol. The fraction of sp³-hybridized carbons (Fsp3) is 0.111. The molecule has 6 heteroatoms. The summed E-state index contributed by atoms with van der Waals surface area (Å²) in [5.41, 5.74) is 0.634. The molecule has 0 aliphatic heterocycles. The SMILES string of the molecule is O=S(=O)(NCC(O)c1cccc2ccccc12)c1cccc(F)c1. The number of nitrogens with one attached hydrogen (secondary N) is 1. The third kappa shape index (κ3) is 3.46. The van der Waals surface area contributed by atoms with Crippen molar-refractivity contribution in [3.8, 4) is 0 Å². The Bertz CT molecular complexity index is 967. The van der Waals surface area contributed by atoms with Crippen LogP contribution in [0.15, 0.2) is 71.6 Å². The topological polar surface area (TPSA) is 66.4 Å². The first-order valence-corrected chi connectivity index (χ1v) is 8.87. The van der Waals surface area contributed by atoms with Gasteiger partial charge in [0.25, 0.3) is 0 Å². The Morgan fingerprint density at radius 2 is 1.71 bits per heavy atom. The summed E-state index contributed by atoms with van der Waals surface area (Å²) in [6.07, 6.45) is -1.01. The standard InChI is InChI=1S/C18H16FNO3S/c19-14-7-4-8-15(11-14)24(22,23)20-12-18(21)17-10-3-6-13-5-1-2-9-16(13)17/h1-11,18,20-21H,12H2. The zero-order valence-electron chi connectivity index (χ0n) is 12.7. The number of hydrogen-bond donors (Lipinski definition) is 2. The molecule has 0 fully saturated rings. The van der Waals surface area contributed by atoms with Crippen molar-refractivity contribution in [3.63, 3.8) is 0 Å². The Hall–Kier alpha value is -2.28. The summed E-state index contributed by atoms with van der Waals surface area (Å²) >= 11 is 0. The van der Waals surface area contributed by atoms with Crippen molar-refractivity contribution in [2.24, 2.45) is 0 Å². The van der Waals surface area contributed by atoms with Crippen LogP contribution in [-0.4, -0.2) is 20.1 Å². The highest BCUT2D eigenvalue weighted by atomic mass is 32.2. The van der Waals surface area contributed by atoms with Crippen LogP contribution in [-0.2, 0) is 10.0 Å². The van der Waals surface area contributed by atoms with E-state index in [-0.39, 0.29) is 11.4 Å². The molecule has 0 saturated carbocycles. The van der Waals surface area contributed by atoms with Gasteiger partial charge in [-0.25, -0.2) is 17.5 Å². The van der Waals surface area contributed by atoms with Crippen molar-refractivity contribution in [2.75, 3.05) is 6.54 Å². The second-order valence-corrected chi connectivity index (χ2v) is 7.16. The minimum Gasteiger partial charge on any atom is -0.387 e. The van der Waals surface area contributed by atoms with Gasteiger partial charge in [-0.05, 0) is 34.5 Å². The van der Waals surface area contributed by atoms with Crippen LogP contribution in [0, 0.1) is 5.82 Å². The van der Waals surface area contributed by atoms with Crippen LogP contribution in [0.3, 0.4) is 0 Å². The fourth-order valence-corrected chi connectivity index (χ4v) is 3.63. The largest absolute Gasteiger partial charge is 0.387 e. The molecule has 2 N–H and O–H groups in total. The molecule has 0 aromatic heterocycles. The van der Waals surface area contributed by atoms with E-state index in [0.717, 1.165) is 16.8 Å². The van der Waals surface area contributed by atoms with Gasteiger partial charge < -0.3 is 5.11 Å². The van der Waals surface area contributed by atoms with E-state index in [2.05, 4.69) is 4.72 Å². The van der Waals surface area contributed by atoms with E-state index in [0.29, 0.717) is 5.56 Å². The lowest BCUT2D eigenvalue weighted by molar-refractivity contribution is 0.183. The maximum Gasteiger partial charge on any atom is 0.240 e. The predicted octanol–water partition coefficient (Wildman–Crippen LogP) is 2.99. The zero-order valence-corrected chi connectivity index (χ0v) is 13.5. The van der Waals surface area contributed by atoms with Crippen molar-refractivity contribution in [1.29, 1.82) is 0 Å². The van der Waals surface area contributed by atoms with Gasteiger partial charge in [0, 0.05) is 6.54 Å². The molecule has 4 nitrogen and oxygen atoms in total. The monoisotopic (exact) mass is 345 g/mol. The van der Waals surface area contributed by atoms with Gasteiger partial charge in [0.05, 0.1) is 11.0 Å². The maximum atomic E-state index is 13.2. The van der Waals surface area contributed by atoms with Gasteiger partial charge >= 0.3 is 0 Å². The van der Waals surface area contributed by atoms with Gasteiger partial charge in [-0.2, -0.15) is 0 Å². The van der Waals surface area contributed by atoms with E-state index in [1.807, 2.05) is 36.4 Å². The normalized spacial score (nSPS) is 13.1. The smallest absolute Gasteiger partial charge is 0.240 e. The molecule has 0 amide bonds. The Morgan fingerprint density at radius 1 is 1.00 bits per heavy atom. The second kappa shape index (κ2) is 6.68. The fourth-order valence-electron chi connectivity index (χ4n) is 2.56. The van der Waals surface area contributed by atoms with Crippen LogP contribution >= 0.6 is 0 Å². The van der Waals surface area contributed by atoms with E-state index in [1.54, 1.807) is 6.07 Å². The Labute approximate surface area is 139 Å². The summed E-state index contributed by atoms with van der Waals surface area (Å²) in [5.74, 6) is -0.632. The van der Waals surface area contributed by atoms with Gasteiger partial charge in [0.2, 0.25) is 10.0 Å². The van der Waals surface area contributed by atoms with Gasteiger partial charge in [-0.15, -0.1) is 0 Å². The summed E-state index contributed by atoms with van der Waals surface area (Å²) in [6, 6.07) is 17.8. The quantitative estimate of drug-likeness (QED) is 0.747. The van der Waals surface area contributed by atoms with Gasteiger partial charge in [-0.1, -0.05) is 48.5 Å². The number of benzene rings is 3. The number of fused-ring (bicyclic) bond motifs is 1. The number of hydrogen-bond acceptors (Lipinski definition) is 3. The minimum atomic E-state index is -3.89. The molecule has 0 bridgehead atoms. The highest BCUT2D eigenvalue weighted by Gasteiger charge is 2.18. The molecule has 0 radical (unpaired) electrons. The average molecular weight is 345 g/mol. The van der Waals surface area contributed by atoms with E-state index < -0.39 is 21.9 Å². The molecule has 3 rings (SSSR count). The van der Waals surface area contributed by atoms with Crippen LogP contribution in [0.4, 0.5) is 4.39 Å². The van der Waals surface area contributed by atoms with Crippen LogP contribution in [0.5, 0.6) is 0 Å². The maximum absolute atomic E-state index is 13.2. The van der Waals surface area contributed by atoms with Crippen LogP contribution < -0.4 is 4.72 Å². The average Bonchev–Trinajstić information content (AvgIpc) is 2.59. The van der Waals surface area contributed by atoms with Crippen LogP contribution in [0.25, 0.3) is 10.8 Å². The summed E-state index contributed by atoms with van der Waals surface area (Å²) in [6.45, 7) is -0.202. The third-order valence-electron chi connectivity index (χ3n) is 3.76. The Balaban J connectivity index is 1.81. The first-order chi connectivity index (χ1) is 11.5. The molecule has 24 heavy (non-hydrogen) atoms. The summed E-state index contributed by atoms with van der Waals surface area (Å²) in [7, 11) is -3.89. The number of aliphatic hydroxyl groups is 1. The molecule has 3 aromatic carbocycles. The minimum absolute atomic E-state index is 0.174. The molecule has 0 aliphatic carbocycles. The molecule has 3 aromatic rings. The van der Waals surface area contributed by atoms with Crippen molar-refractivity contribution in [3.05, 3.63) is 78.1 Å². The molecule has 0 aliphatic rings. The number of halogens is 1. The molecule has 0 saturated heterocycles. The third-order valence-corrected chi connectivity index (χ3v) is 5.18. The van der Waals surface area contributed by atoms with E-state index in [1.165, 1.54) is 18.2 Å². The highest BCUT2D eigenvalue weighted by Crippen LogP contribution is 2.24. The number of aliphatic hydroxyl groups excluding tert-OH is 1. The Kier molecular flexibility index (Phi) is 4.62. The molecule has 124 valence electrons.